The molecule has 0 radical (unpaired) electrons. The van der Waals surface area contributed by atoms with Crippen molar-refractivity contribution >= 4 is 57.5 Å². The molecule has 4 bridgehead atoms. The number of hydrogen-bond acceptors (Lipinski definition) is 3. The molecule has 10 rings (SSSR count). The number of benzene rings is 6. The molecular weight excluding hydrogens is 731 g/mol. The van der Waals surface area contributed by atoms with E-state index in [9.17, 15) is 8.42 Å². The van der Waals surface area contributed by atoms with Gasteiger partial charge in [-0.05, 0) is 96.6 Å². The SMILES string of the molecule is CCC.CCOCC.CCS(=O)(=O)CC.c1ccc(P(c2ccccc2)c2cc3ccc2Cc2ccc(c(P(c4ccccc4)c4ccccc4)c2)C3)cc1. The fourth-order valence-electron chi connectivity index (χ4n) is 6.16. The van der Waals surface area contributed by atoms with Gasteiger partial charge >= 0.3 is 0 Å². The molecular formula is C49H58O3P2S. The molecule has 0 atom stereocenters. The molecule has 0 fully saturated rings. The van der Waals surface area contributed by atoms with Gasteiger partial charge in [0.2, 0.25) is 0 Å². The third-order valence-electron chi connectivity index (χ3n) is 8.92. The molecule has 3 nitrogen and oxygen atoms in total. The molecule has 0 N–H and O–H groups in total. The summed E-state index contributed by atoms with van der Waals surface area (Å²) in [5.41, 5.74) is 5.66. The zero-order valence-electron chi connectivity index (χ0n) is 33.5. The highest BCUT2D eigenvalue weighted by atomic mass is 32.2. The van der Waals surface area contributed by atoms with Gasteiger partial charge in [0.15, 0.2) is 0 Å². The summed E-state index contributed by atoms with van der Waals surface area (Å²) in [6.07, 6.45) is 3.13. The average Bonchev–Trinajstić information content (AvgIpc) is 3.23. The molecule has 0 heterocycles. The van der Waals surface area contributed by atoms with Crippen molar-refractivity contribution in [3.05, 3.63) is 180 Å². The summed E-state index contributed by atoms with van der Waals surface area (Å²) in [5, 5.41) is 8.61. The Morgan fingerprint density at radius 3 is 0.964 bits per heavy atom. The van der Waals surface area contributed by atoms with Gasteiger partial charge in [0.05, 0.1) is 0 Å². The Hall–Kier alpha value is -3.91. The van der Waals surface area contributed by atoms with Crippen LogP contribution < -0.4 is 31.8 Å². The minimum absolute atomic E-state index is 0.267. The van der Waals surface area contributed by atoms with Gasteiger partial charge in [-0.3, -0.25) is 0 Å². The minimum atomic E-state index is -2.66. The Morgan fingerprint density at radius 2 is 0.745 bits per heavy atom. The van der Waals surface area contributed by atoms with Crippen LogP contribution >= 0.6 is 15.8 Å². The monoisotopic (exact) mass is 788 g/mol. The molecule has 0 unspecified atom stereocenters. The van der Waals surface area contributed by atoms with Crippen LogP contribution in [0.25, 0.3) is 0 Å². The molecule has 0 saturated heterocycles. The second-order valence-corrected chi connectivity index (χ2v) is 20.1. The largest absolute Gasteiger partial charge is 0.382 e. The van der Waals surface area contributed by atoms with Crippen molar-refractivity contribution in [2.45, 2.75) is 60.8 Å². The van der Waals surface area contributed by atoms with E-state index in [0.29, 0.717) is 0 Å². The Kier molecular flexibility index (Phi) is 18.5. The number of sulfone groups is 1. The molecule has 0 saturated carbocycles. The topological polar surface area (TPSA) is 43.4 Å². The maximum atomic E-state index is 10.4. The lowest BCUT2D eigenvalue weighted by atomic mass is 9.95. The maximum Gasteiger partial charge on any atom is 0.149 e. The van der Waals surface area contributed by atoms with Crippen LogP contribution in [-0.2, 0) is 27.4 Å². The molecule has 0 spiro atoms. The second-order valence-electron chi connectivity index (χ2n) is 13.1. The molecule has 0 amide bonds. The standard InChI is InChI=1S/C38H30P2.C4H10O2S.C4H10O.C3H8/c1-5-13-33(14-6-1)39(34-15-7-2-8-16-34)37-27-29-21-23-31(37)25-30-22-24-32(26-29)38(28-30)40(35-17-9-3-10-18-35)36-19-11-4-12-20-36;1-3-7(5,6)4-2;1-3-5-4-2;1-3-2/h1-24,27-28H,25-26H2;3-4H2,1-2H3;3-4H2,1-2H3;3H2,1-2H3. The van der Waals surface area contributed by atoms with Crippen LogP contribution in [0.3, 0.4) is 0 Å². The van der Waals surface area contributed by atoms with Gasteiger partial charge < -0.3 is 4.74 Å². The smallest absolute Gasteiger partial charge is 0.149 e. The predicted octanol–water partition coefficient (Wildman–Crippen LogP) is 9.60. The van der Waals surface area contributed by atoms with Crippen molar-refractivity contribution in [1.29, 1.82) is 0 Å². The van der Waals surface area contributed by atoms with Crippen LogP contribution in [0.4, 0.5) is 0 Å². The fraction of sp³-hybridized carbons (Fsp3) is 0.265. The third-order valence-corrected chi connectivity index (χ3v) is 15.7. The average molecular weight is 789 g/mol. The van der Waals surface area contributed by atoms with Crippen LogP contribution in [0, 0.1) is 0 Å². The van der Waals surface area contributed by atoms with Crippen LogP contribution in [0.2, 0.25) is 0 Å². The second kappa shape index (κ2) is 23.2. The van der Waals surface area contributed by atoms with Gasteiger partial charge in [-0.25, -0.2) is 8.42 Å². The summed E-state index contributed by atoms with van der Waals surface area (Å²) < 4.78 is 25.6. The number of ether oxygens (including phenoxy) is 1. The van der Waals surface area contributed by atoms with Gasteiger partial charge in [0.25, 0.3) is 0 Å². The predicted molar refractivity (Wildman–Crippen MR) is 244 cm³/mol. The van der Waals surface area contributed by atoms with E-state index in [2.05, 4.69) is 172 Å². The van der Waals surface area contributed by atoms with E-state index in [1.807, 2.05) is 13.8 Å². The third kappa shape index (κ3) is 13.1. The summed E-state index contributed by atoms with van der Waals surface area (Å²) in [7, 11) is -3.96. The van der Waals surface area contributed by atoms with Crippen molar-refractivity contribution in [2.75, 3.05) is 24.7 Å². The highest BCUT2D eigenvalue weighted by Gasteiger charge is 2.24. The molecule has 0 aliphatic heterocycles. The first kappa shape index (κ1) is 43.8. The minimum Gasteiger partial charge on any atom is -0.382 e. The van der Waals surface area contributed by atoms with E-state index >= 15 is 0 Å². The Labute approximate surface area is 334 Å². The van der Waals surface area contributed by atoms with Crippen LogP contribution in [-0.4, -0.2) is 33.1 Å². The number of hydrogen-bond donors (Lipinski definition) is 0. The lowest BCUT2D eigenvalue weighted by molar-refractivity contribution is 0.162. The summed E-state index contributed by atoms with van der Waals surface area (Å²) in [5.74, 6) is 0.535. The molecule has 4 aliphatic rings. The zero-order valence-corrected chi connectivity index (χ0v) is 36.1. The molecule has 288 valence electrons. The molecule has 6 heteroatoms. The highest BCUT2D eigenvalue weighted by molar-refractivity contribution is 7.91. The molecule has 6 aromatic carbocycles. The maximum absolute atomic E-state index is 10.4. The van der Waals surface area contributed by atoms with E-state index < -0.39 is 25.7 Å². The molecule has 55 heavy (non-hydrogen) atoms. The Balaban J connectivity index is 0.000000384. The molecule has 6 aromatic rings. The van der Waals surface area contributed by atoms with Crippen LogP contribution in [0.15, 0.2) is 158 Å². The van der Waals surface area contributed by atoms with Gasteiger partial charge in [0.1, 0.15) is 9.84 Å². The van der Waals surface area contributed by atoms with E-state index in [-0.39, 0.29) is 11.5 Å². The van der Waals surface area contributed by atoms with Crippen LogP contribution in [0.1, 0.15) is 70.2 Å². The highest BCUT2D eigenvalue weighted by Crippen LogP contribution is 2.38. The Bertz CT molecular complexity index is 1870. The van der Waals surface area contributed by atoms with Gasteiger partial charge in [-0.1, -0.05) is 192 Å². The van der Waals surface area contributed by atoms with E-state index in [1.54, 1.807) is 13.8 Å². The van der Waals surface area contributed by atoms with E-state index in [1.165, 1.54) is 60.5 Å². The summed E-state index contributed by atoms with van der Waals surface area (Å²) in [4.78, 5) is 0. The lowest BCUT2D eigenvalue weighted by Crippen LogP contribution is -2.27. The van der Waals surface area contributed by atoms with Gasteiger partial charge in [-0.15, -0.1) is 0 Å². The first-order valence-electron chi connectivity index (χ1n) is 19.6. The zero-order chi connectivity index (χ0) is 39.5. The first-order valence-corrected chi connectivity index (χ1v) is 24.1. The fourth-order valence-corrected chi connectivity index (χ4v) is 11.6. The van der Waals surface area contributed by atoms with Gasteiger partial charge in [0, 0.05) is 24.7 Å². The molecule has 4 aliphatic carbocycles. The number of rotatable bonds is 10. The normalized spacial score (nSPS) is 11.5. The summed E-state index contributed by atoms with van der Waals surface area (Å²) >= 11 is 0. The van der Waals surface area contributed by atoms with E-state index in [4.69, 9.17) is 4.74 Å². The lowest BCUT2D eigenvalue weighted by Gasteiger charge is -2.27. The van der Waals surface area contributed by atoms with Gasteiger partial charge in [-0.2, -0.15) is 0 Å². The first-order chi connectivity index (χ1) is 26.8. The van der Waals surface area contributed by atoms with Crippen molar-refractivity contribution in [3.63, 3.8) is 0 Å². The van der Waals surface area contributed by atoms with Crippen molar-refractivity contribution < 1.29 is 13.2 Å². The van der Waals surface area contributed by atoms with Crippen molar-refractivity contribution in [3.8, 4) is 0 Å². The van der Waals surface area contributed by atoms with E-state index in [0.717, 1.165) is 26.1 Å². The quantitative estimate of drug-likeness (QED) is 0.130. The van der Waals surface area contributed by atoms with Crippen molar-refractivity contribution in [2.24, 2.45) is 0 Å². The van der Waals surface area contributed by atoms with Crippen molar-refractivity contribution in [1.82, 2.24) is 0 Å². The molecule has 0 aromatic heterocycles. The summed E-state index contributed by atoms with van der Waals surface area (Å²) in [6.45, 7) is 13.2. The van der Waals surface area contributed by atoms with Crippen LogP contribution in [0.5, 0.6) is 0 Å². The Morgan fingerprint density at radius 1 is 0.455 bits per heavy atom. The summed E-state index contributed by atoms with van der Waals surface area (Å²) in [6, 6.07) is 59.0.